The molecule has 1 aliphatic rings. The van der Waals surface area contributed by atoms with Crippen LogP contribution in [-0.2, 0) is 38.3 Å². The fourth-order valence-electron chi connectivity index (χ4n) is 3.68. The van der Waals surface area contributed by atoms with Crippen molar-refractivity contribution in [3.63, 3.8) is 0 Å². The van der Waals surface area contributed by atoms with Crippen LogP contribution < -0.4 is 16.6 Å². The summed E-state index contributed by atoms with van der Waals surface area (Å²) in [4.78, 5) is 47.5. The Morgan fingerprint density at radius 2 is 2.14 bits per heavy atom. The number of aromatic nitrogens is 5. The SMILES string of the molecule is CCC1CCc2nc(NC(=O)Cn3c(=O)c4c(ncn4C)n(C)c3=O)sc2C1. The van der Waals surface area contributed by atoms with Gasteiger partial charge in [0.2, 0.25) is 5.91 Å². The van der Waals surface area contributed by atoms with E-state index < -0.39 is 17.2 Å². The highest BCUT2D eigenvalue weighted by molar-refractivity contribution is 7.15. The van der Waals surface area contributed by atoms with Gasteiger partial charge in [0.15, 0.2) is 16.3 Å². The predicted octanol–water partition coefficient (Wildman–Crippen LogP) is 1.04. The third kappa shape index (κ3) is 3.07. The number of imidazole rings is 1. The Morgan fingerprint density at radius 1 is 1.36 bits per heavy atom. The molecule has 1 N–H and O–H groups in total. The first-order chi connectivity index (χ1) is 13.4. The number of nitrogens with one attached hydrogen (secondary N) is 1. The lowest BCUT2D eigenvalue weighted by molar-refractivity contribution is -0.116. The highest BCUT2D eigenvalue weighted by Gasteiger charge is 2.23. The quantitative estimate of drug-likeness (QED) is 0.702. The number of nitrogens with zero attached hydrogens (tertiary/aromatic N) is 5. The largest absolute Gasteiger partial charge is 0.332 e. The first kappa shape index (κ1) is 18.6. The number of aryl methyl sites for hydroxylation is 3. The van der Waals surface area contributed by atoms with Crippen molar-refractivity contribution in [3.8, 4) is 0 Å². The van der Waals surface area contributed by atoms with Crippen LogP contribution in [-0.4, -0.2) is 29.6 Å². The second kappa shape index (κ2) is 7.01. The van der Waals surface area contributed by atoms with Crippen molar-refractivity contribution in [2.45, 2.75) is 39.2 Å². The van der Waals surface area contributed by atoms with E-state index >= 15 is 0 Å². The Labute approximate surface area is 164 Å². The molecule has 9 nitrogen and oxygen atoms in total. The molecule has 10 heteroatoms. The Balaban J connectivity index is 1.58. The number of amides is 1. The normalized spacial score (nSPS) is 16.3. The zero-order valence-corrected chi connectivity index (χ0v) is 16.9. The van der Waals surface area contributed by atoms with Crippen molar-refractivity contribution in [1.82, 2.24) is 23.7 Å². The van der Waals surface area contributed by atoms with Crippen molar-refractivity contribution in [2.75, 3.05) is 5.32 Å². The molecule has 148 valence electrons. The van der Waals surface area contributed by atoms with Gasteiger partial charge in [-0.3, -0.25) is 14.2 Å². The van der Waals surface area contributed by atoms with E-state index in [1.807, 2.05) is 0 Å². The van der Waals surface area contributed by atoms with E-state index in [0.29, 0.717) is 16.7 Å². The molecule has 0 fully saturated rings. The molecular weight excluding hydrogens is 380 g/mol. The van der Waals surface area contributed by atoms with E-state index in [2.05, 4.69) is 22.2 Å². The minimum absolute atomic E-state index is 0.283. The van der Waals surface area contributed by atoms with Gasteiger partial charge in [-0.1, -0.05) is 13.3 Å². The van der Waals surface area contributed by atoms with Crippen LogP contribution in [0.5, 0.6) is 0 Å². The van der Waals surface area contributed by atoms with Gasteiger partial charge < -0.3 is 9.88 Å². The summed E-state index contributed by atoms with van der Waals surface area (Å²) >= 11 is 1.48. The van der Waals surface area contributed by atoms with E-state index in [1.165, 1.54) is 34.2 Å². The summed E-state index contributed by atoms with van der Waals surface area (Å²) in [6.07, 6.45) is 5.66. The zero-order chi connectivity index (χ0) is 20.0. The highest BCUT2D eigenvalue weighted by Crippen LogP contribution is 2.33. The fraction of sp³-hybridized carbons (Fsp3) is 0.500. The average Bonchev–Trinajstić information content (AvgIpc) is 3.25. The van der Waals surface area contributed by atoms with Crippen LogP contribution in [0.15, 0.2) is 15.9 Å². The standard InChI is InChI=1S/C18H22N6O3S/c1-4-10-5-6-11-12(7-10)28-17(20-11)21-13(25)8-24-16(26)14-15(19-9-22(14)2)23(3)18(24)27/h9-10H,4-8H2,1-3H3,(H,20,21,25). The first-order valence-electron chi connectivity index (χ1n) is 9.28. The van der Waals surface area contributed by atoms with Gasteiger partial charge in [0.25, 0.3) is 5.56 Å². The molecule has 3 aromatic heterocycles. The summed E-state index contributed by atoms with van der Waals surface area (Å²) in [6, 6.07) is 0. The molecule has 3 aromatic rings. The second-order valence-electron chi connectivity index (χ2n) is 7.21. The molecule has 0 aromatic carbocycles. The maximum atomic E-state index is 12.7. The van der Waals surface area contributed by atoms with Crippen molar-refractivity contribution in [1.29, 1.82) is 0 Å². The van der Waals surface area contributed by atoms with E-state index in [0.717, 1.165) is 35.9 Å². The smallest absolute Gasteiger partial charge is 0.328 e. The van der Waals surface area contributed by atoms with E-state index in [9.17, 15) is 14.4 Å². The summed E-state index contributed by atoms with van der Waals surface area (Å²) in [5.41, 5.74) is 0.528. The number of carbonyl (C=O) groups excluding carboxylic acids is 1. The number of rotatable bonds is 4. The number of fused-ring (bicyclic) bond motifs is 2. The topological polar surface area (TPSA) is 104 Å². The molecule has 28 heavy (non-hydrogen) atoms. The molecule has 1 atom stereocenters. The molecular formula is C18H22N6O3S. The molecule has 0 bridgehead atoms. The van der Waals surface area contributed by atoms with Crippen molar-refractivity contribution in [2.24, 2.45) is 20.0 Å². The van der Waals surface area contributed by atoms with Crippen LogP contribution in [0.3, 0.4) is 0 Å². The Morgan fingerprint density at radius 3 is 2.89 bits per heavy atom. The lowest BCUT2D eigenvalue weighted by Crippen LogP contribution is -2.42. The molecule has 0 saturated heterocycles. The maximum Gasteiger partial charge on any atom is 0.332 e. The first-order valence-corrected chi connectivity index (χ1v) is 10.1. The maximum absolute atomic E-state index is 12.7. The molecule has 1 amide bonds. The summed E-state index contributed by atoms with van der Waals surface area (Å²) in [7, 11) is 3.21. The van der Waals surface area contributed by atoms with Crippen LogP contribution >= 0.6 is 11.3 Å². The summed E-state index contributed by atoms with van der Waals surface area (Å²) in [5.74, 6) is 0.225. The fourth-order valence-corrected chi connectivity index (χ4v) is 4.82. The Kier molecular flexibility index (Phi) is 4.66. The Bertz CT molecular complexity index is 1180. The van der Waals surface area contributed by atoms with Crippen LogP contribution in [0.25, 0.3) is 11.2 Å². The van der Waals surface area contributed by atoms with E-state index in [1.54, 1.807) is 11.6 Å². The Hall–Kier alpha value is -2.75. The number of hydrogen-bond donors (Lipinski definition) is 1. The third-order valence-corrected chi connectivity index (χ3v) is 6.40. The zero-order valence-electron chi connectivity index (χ0n) is 16.1. The van der Waals surface area contributed by atoms with E-state index in [-0.39, 0.29) is 12.1 Å². The average molecular weight is 402 g/mol. The number of carbonyl (C=O) groups is 1. The molecule has 3 heterocycles. The summed E-state index contributed by atoms with van der Waals surface area (Å²) in [6.45, 7) is 1.82. The number of hydrogen-bond acceptors (Lipinski definition) is 6. The number of anilines is 1. The van der Waals surface area contributed by atoms with Crippen molar-refractivity contribution in [3.05, 3.63) is 37.7 Å². The predicted molar refractivity (Wildman–Crippen MR) is 107 cm³/mol. The van der Waals surface area contributed by atoms with Crippen LogP contribution in [0, 0.1) is 5.92 Å². The molecule has 0 radical (unpaired) electrons. The van der Waals surface area contributed by atoms with Gasteiger partial charge in [-0.25, -0.2) is 19.3 Å². The van der Waals surface area contributed by atoms with Gasteiger partial charge in [0, 0.05) is 19.0 Å². The summed E-state index contributed by atoms with van der Waals surface area (Å²) < 4.78 is 3.75. The van der Waals surface area contributed by atoms with Gasteiger partial charge >= 0.3 is 5.69 Å². The van der Waals surface area contributed by atoms with Gasteiger partial charge in [-0.05, 0) is 25.2 Å². The van der Waals surface area contributed by atoms with Gasteiger partial charge in [-0.2, -0.15) is 0 Å². The van der Waals surface area contributed by atoms with Crippen LogP contribution in [0.1, 0.15) is 30.3 Å². The van der Waals surface area contributed by atoms with E-state index in [4.69, 9.17) is 0 Å². The molecule has 0 spiro atoms. The van der Waals surface area contributed by atoms with Gasteiger partial charge in [0.1, 0.15) is 6.54 Å². The lowest BCUT2D eigenvalue weighted by Gasteiger charge is -2.18. The number of thiazole rings is 1. The monoisotopic (exact) mass is 402 g/mol. The van der Waals surface area contributed by atoms with Crippen LogP contribution in [0.2, 0.25) is 0 Å². The molecule has 1 unspecified atom stereocenters. The lowest BCUT2D eigenvalue weighted by atomic mass is 9.89. The minimum atomic E-state index is -0.574. The minimum Gasteiger partial charge on any atom is -0.328 e. The van der Waals surface area contributed by atoms with Crippen LogP contribution in [0.4, 0.5) is 5.13 Å². The van der Waals surface area contributed by atoms with Crippen molar-refractivity contribution < 1.29 is 4.79 Å². The third-order valence-electron chi connectivity index (χ3n) is 5.37. The molecule has 4 rings (SSSR count). The molecule has 0 aliphatic heterocycles. The molecule has 0 saturated carbocycles. The summed E-state index contributed by atoms with van der Waals surface area (Å²) in [5, 5.41) is 3.28. The highest BCUT2D eigenvalue weighted by atomic mass is 32.1. The molecule has 1 aliphatic carbocycles. The van der Waals surface area contributed by atoms with Crippen molar-refractivity contribution >= 4 is 33.5 Å². The van der Waals surface area contributed by atoms with Gasteiger partial charge in [-0.15, -0.1) is 11.3 Å². The second-order valence-corrected chi connectivity index (χ2v) is 8.30. The van der Waals surface area contributed by atoms with Gasteiger partial charge in [0.05, 0.1) is 12.0 Å².